The number of fused-ring (bicyclic) bond motifs is 1. The summed E-state index contributed by atoms with van der Waals surface area (Å²) in [7, 11) is 0. The number of benzene rings is 2. The lowest BCUT2D eigenvalue weighted by molar-refractivity contribution is -0.130. The van der Waals surface area contributed by atoms with E-state index >= 15 is 0 Å². The maximum Gasteiger partial charge on any atom is 0.227 e. The highest BCUT2D eigenvalue weighted by atomic mass is 16.5. The third kappa shape index (κ3) is 3.54. The number of para-hydroxylation sites is 1. The van der Waals surface area contributed by atoms with Crippen molar-refractivity contribution in [2.45, 2.75) is 13.3 Å². The lowest BCUT2D eigenvalue weighted by Crippen LogP contribution is -2.49. The van der Waals surface area contributed by atoms with E-state index < -0.39 is 0 Å². The summed E-state index contributed by atoms with van der Waals surface area (Å²) in [6.07, 6.45) is 2.38. The van der Waals surface area contributed by atoms with Crippen molar-refractivity contribution in [3.05, 3.63) is 66.2 Å². The first kappa shape index (κ1) is 18.4. The maximum atomic E-state index is 12.8. The van der Waals surface area contributed by atoms with Gasteiger partial charge in [-0.25, -0.2) is 0 Å². The lowest BCUT2D eigenvalue weighted by Gasteiger charge is -2.36. The summed E-state index contributed by atoms with van der Waals surface area (Å²) >= 11 is 0. The molecule has 1 aliphatic heterocycles. The fourth-order valence-electron chi connectivity index (χ4n) is 4.00. The Labute approximate surface area is 174 Å². The molecule has 0 atom stereocenters. The second-order valence-corrected chi connectivity index (χ2v) is 7.59. The van der Waals surface area contributed by atoms with Gasteiger partial charge in [0.05, 0.1) is 6.42 Å². The number of carbonyl (C=O) groups excluding carboxylic acids is 1. The molecule has 4 aromatic rings. The van der Waals surface area contributed by atoms with Gasteiger partial charge in [0.1, 0.15) is 0 Å². The van der Waals surface area contributed by atoms with Crippen molar-refractivity contribution < 1.29 is 9.32 Å². The lowest BCUT2D eigenvalue weighted by atomic mass is 10.1. The van der Waals surface area contributed by atoms with E-state index in [2.05, 4.69) is 38.2 Å². The first-order chi connectivity index (χ1) is 14.7. The van der Waals surface area contributed by atoms with Gasteiger partial charge in [-0.2, -0.15) is 4.98 Å². The zero-order valence-corrected chi connectivity index (χ0v) is 16.8. The largest absolute Gasteiger partial charge is 0.368 e. The summed E-state index contributed by atoms with van der Waals surface area (Å²) in [4.78, 5) is 24.6. The van der Waals surface area contributed by atoms with Crippen molar-refractivity contribution in [1.82, 2.24) is 20.0 Å². The quantitative estimate of drug-likeness (QED) is 0.567. The van der Waals surface area contributed by atoms with Crippen LogP contribution in [0.2, 0.25) is 0 Å². The number of hydrogen-bond acceptors (Lipinski definition) is 5. The molecule has 2 aromatic carbocycles. The number of hydrogen-bond donors (Lipinski definition) is 1. The molecule has 7 heteroatoms. The molecule has 1 amide bonds. The van der Waals surface area contributed by atoms with Crippen molar-refractivity contribution in [1.29, 1.82) is 0 Å². The van der Waals surface area contributed by atoms with Crippen LogP contribution in [0.5, 0.6) is 0 Å². The zero-order chi connectivity index (χ0) is 20.5. The van der Waals surface area contributed by atoms with E-state index in [1.54, 1.807) is 6.92 Å². The van der Waals surface area contributed by atoms with Crippen LogP contribution in [0.25, 0.3) is 22.3 Å². The Morgan fingerprint density at radius 1 is 1.07 bits per heavy atom. The molecular weight excluding hydrogens is 378 g/mol. The topological polar surface area (TPSA) is 78.3 Å². The molecule has 2 aromatic heterocycles. The number of nitrogens with one attached hydrogen (secondary N) is 1. The summed E-state index contributed by atoms with van der Waals surface area (Å²) < 4.78 is 5.05. The maximum absolute atomic E-state index is 12.8. The van der Waals surface area contributed by atoms with E-state index in [4.69, 9.17) is 4.52 Å². The molecule has 1 fully saturated rings. The van der Waals surface area contributed by atoms with Crippen molar-refractivity contribution in [3.8, 4) is 11.4 Å². The Hall–Kier alpha value is -3.61. The van der Waals surface area contributed by atoms with Gasteiger partial charge in [-0.1, -0.05) is 23.4 Å². The number of carbonyl (C=O) groups is 1. The molecule has 1 N–H and O–H groups in total. The fraction of sp³-hybridized carbons (Fsp3) is 0.261. The van der Waals surface area contributed by atoms with E-state index in [1.165, 1.54) is 0 Å². The number of aromatic nitrogens is 3. The predicted octanol–water partition coefficient (Wildman–Crippen LogP) is 3.42. The van der Waals surface area contributed by atoms with Crippen LogP contribution in [0.4, 0.5) is 5.69 Å². The van der Waals surface area contributed by atoms with Gasteiger partial charge in [0.2, 0.25) is 17.6 Å². The molecule has 3 heterocycles. The fourth-order valence-corrected chi connectivity index (χ4v) is 4.00. The van der Waals surface area contributed by atoms with Crippen LogP contribution in [0.3, 0.4) is 0 Å². The van der Waals surface area contributed by atoms with Crippen LogP contribution in [-0.2, 0) is 11.2 Å². The van der Waals surface area contributed by atoms with Gasteiger partial charge in [-0.05, 0) is 35.9 Å². The normalized spacial score (nSPS) is 14.4. The minimum Gasteiger partial charge on any atom is -0.368 e. The predicted molar refractivity (Wildman–Crippen MR) is 115 cm³/mol. The smallest absolute Gasteiger partial charge is 0.227 e. The first-order valence-corrected chi connectivity index (χ1v) is 10.2. The van der Waals surface area contributed by atoms with Gasteiger partial charge in [0.15, 0.2) is 0 Å². The number of nitrogens with zero attached hydrogens (tertiary/aromatic N) is 4. The van der Waals surface area contributed by atoms with Crippen LogP contribution in [0.1, 0.15) is 11.5 Å². The molecule has 152 valence electrons. The van der Waals surface area contributed by atoms with Gasteiger partial charge >= 0.3 is 0 Å². The molecule has 0 unspecified atom stereocenters. The molecule has 7 nitrogen and oxygen atoms in total. The standard InChI is InChI=1S/C23H23N5O2/c1-16-25-23(26-30-16)17-6-8-19(9-7-17)27-10-12-28(13-11-27)22(29)14-18-15-24-21-5-3-2-4-20(18)21/h2-9,15,24H,10-14H2,1H3. The molecule has 0 bridgehead atoms. The highest BCUT2D eigenvalue weighted by Gasteiger charge is 2.22. The molecular formula is C23H23N5O2. The molecule has 1 aliphatic rings. The average molecular weight is 401 g/mol. The summed E-state index contributed by atoms with van der Waals surface area (Å²) in [5.41, 5.74) is 4.21. The average Bonchev–Trinajstić information content (AvgIpc) is 3.40. The summed E-state index contributed by atoms with van der Waals surface area (Å²) in [5, 5.41) is 5.09. The van der Waals surface area contributed by atoms with Crippen LogP contribution in [0.15, 0.2) is 59.3 Å². The van der Waals surface area contributed by atoms with Crippen LogP contribution in [-0.4, -0.2) is 52.1 Å². The SMILES string of the molecule is Cc1nc(-c2ccc(N3CCN(C(=O)Cc4c[nH]c5ccccc45)CC3)cc2)no1. The number of aryl methyl sites for hydroxylation is 1. The van der Waals surface area contributed by atoms with Crippen molar-refractivity contribution in [3.63, 3.8) is 0 Å². The zero-order valence-electron chi connectivity index (χ0n) is 16.8. The Kier molecular flexibility index (Phi) is 4.71. The highest BCUT2D eigenvalue weighted by molar-refractivity contribution is 5.89. The number of piperazine rings is 1. The Morgan fingerprint density at radius 3 is 2.57 bits per heavy atom. The molecule has 0 aliphatic carbocycles. The minimum atomic E-state index is 0.183. The van der Waals surface area contributed by atoms with Crippen molar-refractivity contribution >= 4 is 22.5 Å². The third-order valence-electron chi connectivity index (χ3n) is 5.67. The van der Waals surface area contributed by atoms with Gasteiger partial charge in [-0.15, -0.1) is 0 Å². The van der Waals surface area contributed by atoms with E-state index in [1.807, 2.05) is 41.4 Å². The highest BCUT2D eigenvalue weighted by Crippen LogP contribution is 2.23. The van der Waals surface area contributed by atoms with Crippen LogP contribution < -0.4 is 4.90 Å². The van der Waals surface area contributed by atoms with E-state index in [0.29, 0.717) is 18.1 Å². The molecule has 0 spiro atoms. The van der Waals surface area contributed by atoms with Crippen LogP contribution >= 0.6 is 0 Å². The number of amides is 1. The Morgan fingerprint density at radius 2 is 1.83 bits per heavy atom. The molecule has 5 rings (SSSR count). The van der Waals surface area contributed by atoms with Crippen LogP contribution in [0, 0.1) is 6.92 Å². The second-order valence-electron chi connectivity index (χ2n) is 7.59. The number of anilines is 1. The number of aromatic amines is 1. The van der Waals surface area contributed by atoms with Gasteiger partial charge in [-0.3, -0.25) is 4.79 Å². The Bertz CT molecular complexity index is 1170. The van der Waals surface area contributed by atoms with E-state index in [0.717, 1.165) is 53.9 Å². The van der Waals surface area contributed by atoms with E-state index in [-0.39, 0.29) is 5.91 Å². The van der Waals surface area contributed by atoms with Crippen molar-refractivity contribution in [2.75, 3.05) is 31.1 Å². The monoisotopic (exact) mass is 401 g/mol. The molecule has 0 saturated carbocycles. The van der Waals surface area contributed by atoms with Gasteiger partial charge in [0.25, 0.3) is 0 Å². The third-order valence-corrected chi connectivity index (χ3v) is 5.67. The van der Waals surface area contributed by atoms with E-state index in [9.17, 15) is 4.79 Å². The Balaban J connectivity index is 1.20. The molecule has 1 saturated heterocycles. The number of rotatable bonds is 4. The summed E-state index contributed by atoms with van der Waals surface area (Å²) in [6, 6.07) is 16.3. The molecule has 30 heavy (non-hydrogen) atoms. The second kappa shape index (κ2) is 7.67. The minimum absolute atomic E-state index is 0.183. The van der Waals surface area contributed by atoms with Gasteiger partial charge in [0, 0.05) is 61.5 Å². The first-order valence-electron chi connectivity index (χ1n) is 10.2. The van der Waals surface area contributed by atoms with Crippen molar-refractivity contribution in [2.24, 2.45) is 0 Å². The number of H-pyrrole nitrogens is 1. The molecule has 0 radical (unpaired) electrons. The summed E-state index contributed by atoms with van der Waals surface area (Å²) in [6.45, 7) is 4.88. The summed E-state index contributed by atoms with van der Waals surface area (Å²) in [5.74, 6) is 1.34. The van der Waals surface area contributed by atoms with Gasteiger partial charge < -0.3 is 19.3 Å².